The molecule has 0 aliphatic heterocycles. The average Bonchev–Trinajstić information content (AvgIpc) is 3.27. The summed E-state index contributed by atoms with van der Waals surface area (Å²) in [5.74, 6) is -1.53. The normalized spacial score (nSPS) is 12.5. The second-order valence-corrected chi connectivity index (χ2v) is 19.2. The number of amides is 4. The van der Waals surface area contributed by atoms with Gasteiger partial charge in [-0.2, -0.15) is 0 Å². The summed E-state index contributed by atoms with van der Waals surface area (Å²) in [5.41, 5.74) is 32.0. The van der Waals surface area contributed by atoms with Crippen LogP contribution in [-0.2, 0) is 46.1 Å². The highest BCUT2D eigenvalue weighted by atomic mass is 16.2. The average molecular weight is 895 g/mol. The van der Waals surface area contributed by atoms with Crippen molar-refractivity contribution in [3.05, 3.63) is 154 Å². The third-order valence-corrected chi connectivity index (χ3v) is 11.7. The van der Waals surface area contributed by atoms with E-state index in [1.54, 1.807) is 24.3 Å². The summed E-state index contributed by atoms with van der Waals surface area (Å²) in [4.78, 5) is 55.8. The van der Waals surface area contributed by atoms with Crippen LogP contribution < -0.4 is 44.2 Å². The van der Waals surface area contributed by atoms with Gasteiger partial charge in [-0.25, -0.2) is 0 Å². The van der Waals surface area contributed by atoms with Crippen LogP contribution in [0.2, 0.25) is 0 Å². The van der Waals surface area contributed by atoms with Crippen molar-refractivity contribution >= 4 is 46.4 Å². The van der Waals surface area contributed by atoms with Gasteiger partial charge in [0, 0.05) is 33.9 Å². The molecule has 66 heavy (non-hydrogen) atoms. The van der Waals surface area contributed by atoms with Crippen LogP contribution in [0.25, 0.3) is 0 Å². The van der Waals surface area contributed by atoms with Crippen molar-refractivity contribution in [1.29, 1.82) is 0 Å². The number of hydrogen-bond donors (Lipinski definition) is 8. The van der Waals surface area contributed by atoms with E-state index in [4.69, 9.17) is 22.9 Å². The lowest BCUT2D eigenvalue weighted by Gasteiger charge is -2.25. The summed E-state index contributed by atoms with van der Waals surface area (Å²) in [7, 11) is 0. The summed E-state index contributed by atoms with van der Waals surface area (Å²) in [6.45, 7) is 13.4. The Morgan fingerprint density at radius 2 is 0.818 bits per heavy atom. The first-order valence-corrected chi connectivity index (χ1v) is 23.1. The smallest absolute Gasteiger partial charge is 0.255 e. The lowest BCUT2D eigenvalue weighted by Crippen LogP contribution is -2.37. The van der Waals surface area contributed by atoms with Crippen LogP contribution in [0, 0.1) is 0 Å². The monoisotopic (exact) mass is 895 g/mol. The molecule has 0 heterocycles. The van der Waals surface area contributed by atoms with E-state index in [0.29, 0.717) is 61.5 Å². The first-order valence-electron chi connectivity index (χ1n) is 23.1. The Morgan fingerprint density at radius 1 is 0.470 bits per heavy atom. The first kappa shape index (κ1) is 50.8. The predicted molar refractivity (Wildman–Crippen MR) is 270 cm³/mol. The zero-order chi connectivity index (χ0) is 48.0. The van der Waals surface area contributed by atoms with Gasteiger partial charge in [-0.15, -0.1) is 0 Å². The summed E-state index contributed by atoms with van der Waals surface area (Å²) in [6.07, 6.45) is 4.73. The molecule has 350 valence electrons. The Hall–Kier alpha value is -6.18. The summed E-state index contributed by atoms with van der Waals surface area (Å²) in [5, 5.41) is 12.5. The van der Waals surface area contributed by atoms with E-state index in [2.05, 4.69) is 62.8 Å². The highest BCUT2D eigenvalue weighted by Gasteiger charge is 2.26. The number of benzene rings is 5. The van der Waals surface area contributed by atoms with Crippen LogP contribution in [0.4, 0.5) is 22.7 Å². The molecule has 2 atom stereocenters. The predicted octanol–water partition coefficient (Wildman–Crippen LogP) is 8.37. The van der Waals surface area contributed by atoms with Crippen LogP contribution in [-0.4, -0.2) is 48.8 Å². The van der Waals surface area contributed by atoms with Crippen molar-refractivity contribution < 1.29 is 19.2 Å². The number of hydrogen-bond acceptors (Lipinski definition) is 8. The molecule has 5 aromatic rings. The van der Waals surface area contributed by atoms with E-state index in [9.17, 15) is 19.2 Å². The highest BCUT2D eigenvalue weighted by Crippen LogP contribution is 2.36. The van der Waals surface area contributed by atoms with Gasteiger partial charge in [0.2, 0.25) is 11.8 Å². The van der Waals surface area contributed by atoms with Gasteiger partial charge in [0.25, 0.3) is 11.8 Å². The minimum Gasteiger partial charge on any atom is -0.330 e. The number of nitrogens with one attached hydrogen (secondary N) is 4. The van der Waals surface area contributed by atoms with Gasteiger partial charge < -0.3 is 44.2 Å². The zero-order valence-electron chi connectivity index (χ0n) is 39.6. The molecule has 1 unspecified atom stereocenters. The molecule has 0 fully saturated rings. The molecule has 0 saturated carbocycles. The zero-order valence-corrected chi connectivity index (χ0v) is 39.6. The lowest BCUT2D eigenvalue weighted by molar-refractivity contribution is -0.118. The van der Waals surface area contributed by atoms with E-state index < -0.39 is 23.9 Å². The number of rotatable bonds is 20. The number of carbonyl (C=O) groups is 4. The van der Waals surface area contributed by atoms with Crippen molar-refractivity contribution in [2.75, 3.05) is 34.4 Å². The van der Waals surface area contributed by atoms with Gasteiger partial charge in [0.05, 0.1) is 12.1 Å². The van der Waals surface area contributed by atoms with Gasteiger partial charge in [0.1, 0.15) is 0 Å². The van der Waals surface area contributed by atoms with E-state index in [1.807, 2.05) is 84.9 Å². The minimum absolute atomic E-state index is 0.263. The molecule has 12 nitrogen and oxygen atoms in total. The Morgan fingerprint density at radius 3 is 1.15 bits per heavy atom. The maximum atomic E-state index is 14.3. The van der Waals surface area contributed by atoms with Crippen molar-refractivity contribution in [1.82, 2.24) is 0 Å². The fraction of sp³-hybridized carbons (Fsp3) is 0.370. The van der Waals surface area contributed by atoms with Crippen molar-refractivity contribution in [3.63, 3.8) is 0 Å². The second kappa shape index (κ2) is 23.3. The van der Waals surface area contributed by atoms with Crippen LogP contribution in [0.1, 0.15) is 121 Å². The molecule has 0 spiro atoms. The van der Waals surface area contributed by atoms with Crippen LogP contribution in [0.3, 0.4) is 0 Å². The highest BCUT2D eigenvalue weighted by molar-refractivity contribution is 6.10. The van der Waals surface area contributed by atoms with Crippen LogP contribution in [0.15, 0.2) is 109 Å². The molecular formula is C54H70N8O4. The molecule has 12 N–H and O–H groups in total. The number of nitrogens with two attached hydrogens (primary N) is 4. The molecule has 0 bridgehead atoms. The van der Waals surface area contributed by atoms with E-state index in [-0.39, 0.29) is 33.8 Å². The van der Waals surface area contributed by atoms with Crippen molar-refractivity contribution in [2.45, 2.75) is 116 Å². The van der Waals surface area contributed by atoms with Gasteiger partial charge in [-0.05, 0) is 151 Å². The van der Waals surface area contributed by atoms with E-state index >= 15 is 0 Å². The Balaban J connectivity index is 1.45. The molecular weight excluding hydrogens is 825 g/mol. The third-order valence-electron chi connectivity index (χ3n) is 11.7. The first-order chi connectivity index (χ1) is 31.4. The van der Waals surface area contributed by atoms with E-state index in [1.165, 1.54) is 0 Å². The van der Waals surface area contributed by atoms with Gasteiger partial charge in [-0.3, -0.25) is 19.2 Å². The van der Waals surface area contributed by atoms with Gasteiger partial charge in [0.15, 0.2) is 0 Å². The molecule has 4 amide bonds. The summed E-state index contributed by atoms with van der Waals surface area (Å²) < 4.78 is 0. The fourth-order valence-corrected chi connectivity index (χ4v) is 7.65. The van der Waals surface area contributed by atoms with Crippen molar-refractivity contribution in [3.8, 4) is 0 Å². The third kappa shape index (κ3) is 14.4. The minimum atomic E-state index is -0.805. The standard InChI is InChI=1S/C54H70N8O4/c1-53(2,3)39-31-45(41(24-13-15-26-55)47(33-39)61-51(65)43(57)28-35-18-9-7-10-19-35)59-49(63)37-22-17-23-38(30-37)50(64)60-46-32-40(54(4,5)6)34-48(42(46)25-14-16-27-56)62-52(66)44(58)29-36-20-11-8-12-21-36/h7-12,17-23,30-34,43-44H,13-16,24-29,55-58H2,1-6H3,(H,59,63)(H,60,64)(H,61,65)(H,62,66)/t43-,44?/m1/s1. The number of carbonyl (C=O) groups excluding carboxylic acids is 4. The summed E-state index contributed by atoms with van der Waals surface area (Å²) >= 11 is 0. The molecule has 0 aliphatic carbocycles. The largest absolute Gasteiger partial charge is 0.330 e. The Bertz CT molecular complexity index is 2270. The number of anilines is 4. The van der Waals surface area contributed by atoms with E-state index in [0.717, 1.165) is 59.1 Å². The van der Waals surface area contributed by atoms with Gasteiger partial charge >= 0.3 is 0 Å². The maximum absolute atomic E-state index is 14.3. The Kier molecular flexibility index (Phi) is 18.0. The topological polar surface area (TPSA) is 220 Å². The van der Waals surface area contributed by atoms with Crippen LogP contribution >= 0.6 is 0 Å². The molecule has 12 heteroatoms. The molecule has 5 aromatic carbocycles. The summed E-state index contributed by atoms with van der Waals surface area (Å²) in [6, 6.07) is 32.0. The molecule has 0 aromatic heterocycles. The Labute approximate surface area is 391 Å². The molecule has 0 radical (unpaired) electrons. The molecule has 0 aliphatic rings. The second-order valence-electron chi connectivity index (χ2n) is 19.2. The molecule has 5 rings (SSSR count). The van der Waals surface area contributed by atoms with Gasteiger partial charge in [-0.1, -0.05) is 108 Å². The molecule has 0 saturated heterocycles. The van der Waals surface area contributed by atoms with Crippen molar-refractivity contribution in [2.24, 2.45) is 22.9 Å². The number of unbranched alkanes of at least 4 members (excludes halogenated alkanes) is 2. The maximum Gasteiger partial charge on any atom is 0.255 e. The fourth-order valence-electron chi connectivity index (χ4n) is 7.65. The SMILES string of the molecule is CC(C)(C)c1cc(NC(=O)c2cccc(C(=O)Nc3cc(C(C)(C)C)cc(NC(=O)[C@H](N)Cc4ccccc4)c3CCCCN)c2)c(CCCCN)c(NC(=O)C(N)Cc2ccccc2)c1. The quantitative estimate of drug-likeness (QED) is 0.0354. The lowest BCUT2D eigenvalue weighted by atomic mass is 9.84. The van der Waals surface area contributed by atoms with Crippen LogP contribution in [0.5, 0.6) is 0 Å².